The fraction of sp³-hybridized carbons (Fsp3) is 0.455. The van der Waals surface area contributed by atoms with Gasteiger partial charge in [-0.3, -0.25) is 0 Å². The van der Waals surface area contributed by atoms with Crippen molar-refractivity contribution in [2.75, 3.05) is 6.54 Å². The number of benzene rings is 1. The fourth-order valence-corrected chi connectivity index (χ4v) is 4.55. The van der Waals surface area contributed by atoms with Gasteiger partial charge in [0.05, 0.1) is 6.04 Å². The first-order valence-electron chi connectivity index (χ1n) is 10.2. The zero-order valence-electron chi connectivity index (χ0n) is 17.5. The van der Waals surface area contributed by atoms with Crippen molar-refractivity contribution < 1.29 is 19.3 Å². The lowest BCUT2D eigenvalue weighted by atomic mass is 10.00. The van der Waals surface area contributed by atoms with E-state index in [2.05, 4.69) is 22.0 Å². The van der Waals surface area contributed by atoms with E-state index in [9.17, 15) is 14.6 Å². The molecule has 1 aromatic heterocycles. The maximum Gasteiger partial charge on any atom is 0.146 e. The monoisotopic (exact) mass is 448 g/mol. The van der Waals surface area contributed by atoms with Gasteiger partial charge in [-0.05, 0) is 51.2 Å². The van der Waals surface area contributed by atoms with Crippen LogP contribution < -0.4 is 10.1 Å². The summed E-state index contributed by atoms with van der Waals surface area (Å²) in [7, 11) is 0. The number of amidine groups is 1. The summed E-state index contributed by atoms with van der Waals surface area (Å²) in [5.41, 5.74) is 2.45. The molecule has 2 heterocycles. The van der Waals surface area contributed by atoms with E-state index in [1.54, 1.807) is 24.5 Å². The first-order valence-corrected chi connectivity index (χ1v) is 10.6. The van der Waals surface area contributed by atoms with Crippen LogP contribution in [0.2, 0.25) is 5.02 Å². The van der Waals surface area contributed by atoms with Crippen LogP contribution in [0.4, 0.5) is 10.2 Å². The summed E-state index contributed by atoms with van der Waals surface area (Å²) in [6.07, 6.45) is -0.602. The first-order chi connectivity index (χ1) is 14.8. The van der Waals surface area contributed by atoms with Crippen LogP contribution >= 0.6 is 11.6 Å². The lowest BCUT2D eigenvalue weighted by Crippen LogP contribution is -2.34. The topological polar surface area (TPSA) is 91.4 Å². The summed E-state index contributed by atoms with van der Waals surface area (Å²) in [4.78, 5) is 8.10. The van der Waals surface area contributed by atoms with Crippen molar-refractivity contribution in [3.05, 3.63) is 45.9 Å². The molecule has 9 heteroatoms. The minimum atomic E-state index is -1.16. The molecule has 2 aliphatic rings. The standard InChI is InChI=1S/C22H26ClFN4O3/c1-11-16(24)10-28(22(11)27-12(2)25-3)17-8-19(21(30)20(17)29)31-18-7-14(23)6-13-4-5-26-9-15(13)18/h6-7,10,17,19-21,26,29-30H,3-5,8-9H2,1-2H3/b27-12-/t17-,19+,20+,21-/m1/s1. The number of aliphatic hydroxyl groups excluding tert-OH is 2. The fourth-order valence-electron chi connectivity index (χ4n) is 4.32. The molecule has 1 aliphatic carbocycles. The average Bonchev–Trinajstić information content (AvgIpc) is 3.18. The van der Waals surface area contributed by atoms with E-state index >= 15 is 0 Å². The number of aliphatic imine (C=N–C) groups is 2. The minimum Gasteiger partial charge on any atom is -0.487 e. The van der Waals surface area contributed by atoms with E-state index in [1.165, 1.54) is 6.20 Å². The molecule has 3 N–H and O–H groups in total. The van der Waals surface area contributed by atoms with Crippen molar-refractivity contribution in [1.82, 2.24) is 9.88 Å². The van der Waals surface area contributed by atoms with E-state index in [-0.39, 0.29) is 6.42 Å². The molecule has 4 atom stereocenters. The highest BCUT2D eigenvalue weighted by Crippen LogP contribution is 2.40. The highest BCUT2D eigenvalue weighted by atomic mass is 35.5. The Labute approximate surface area is 185 Å². The molecule has 7 nitrogen and oxygen atoms in total. The predicted octanol–water partition coefficient (Wildman–Crippen LogP) is 3.10. The van der Waals surface area contributed by atoms with Gasteiger partial charge in [0, 0.05) is 35.3 Å². The van der Waals surface area contributed by atoms with Crippen LogP contribution in [-0.4, -0.2) is 52.2 Å². The number of nitrogens with zero attached hydrogens (tertiary/aromatic N) is 3. The highest BCUT2D eigenvalue weighted by Gasteiger charge is 2.45. The van der Waals surface area contributed by atoms with Crippen LogP contribution in [0.5, 0.6) is 5.75 Å². The summed E-state index contributed by atoms with van der Waals surface area (Å²) in [6, 6.07) is 3.04. The highest BCUT2D eigenvalue weighted by molar-refractivity contribution is 6.30. The molecule has 1 aromatic carbocycles. The molecular formula is C22H26ClFN4O3. The molecule has 1 fully saturated rings. The van der Waals surface area contributed by atoms with Gasteiger partial charge in [0.15, 0.2) is 0 Å². The number of ether oxygens (including phenoxy) is 1. The molecule has 1 aliphatic heterocycles. The number of aromatic nitrogens is 1. The number of fused-ring (bicyclic) bond motifs is 1. The maximum absolute atomic E-state index is 14.4. The molecule has 31 heavy (non-hydrogen) atoms. The van der Waals surface area contributed by atoms with Gasteiger partial charge >= 0.3 is 0 Å². The predicted molar refractivity (Wildman–Crippen MR) is 118 cm³/mol. The summed E-state index contributed by atoms with van der Waals surface area (Å²) < 4.78 is 22.1. The van der Waals surface area contributed by atoms with E-state index in [0.29, 0.717) is 34.5 Å². The zero-order valence-corrected chi connectivity index (χ0v) is 18.2. The average molecular weight is 449 g/mol. The molecule has 4 rings (SSSR count). The maximum atomic E-state index is 14.4. The SMILES string of the molecule is C=N/C(C)=N\c1c(C)c(F)cn1[C@@H]1C[C@H](Oc2cc(Cl)cc3c2CNCC3)[C@@H](O)[C@H]1O. The van der Waals surface area contributed by atoms with Crippen molar-refractivity contribution in [3.8, 4) is 5.75 Å². The largest absolute Gasteiger partial charge is 0.487 e. The molecule has 0 amide bonds. The molecule has 0 saturated heterocycles. The first kappa shape index (κ1) is 22.0. The molecule has 2 aromatic rings. The Morgan fingerprint density at radius 1 is 1.35 bits per heavy atom. The summed E-state index contributed by atoms with van der Waals surface area (Å²) in [6.45, 7) is 8.21. The van der Waals surface area contributed by atoms with E-state index in [4.69, 9.17) is 16.3 Å². The number of aliphatic hydroxyl groups is 2. The van der Waals surface area contributed by atoms with Gasteiger partial charge in [0.25, 0.3) is 0 Å². The Morgan fingerprint density at radius 3 is 2.87 bits per heavy atom. The van der Waals surface area contributed by atoms with Crippen LogP contribution in [0, 0.1) is 12.7 Å². The van der Waals surface area contributed by atoms with Crippen molar-refractivity contribution in [3.63, 3.8) is 0 Å². The van der Waals surface area contributed by atoms with Crippen LogP contribution in [-0.2, 0) is 13.0 Å². The van der Waals surface area contributed by atoms with Gasteiger partial charge in [-0.2, -0.15) is 0 Å². The van der Waals surface area contributed by atoms with E-state index < -0.39 is 30.2 Å². The Bertz CT molecular complexity index is 1040. The van der Waals surface area contributed by atoms with Gasteiger partial charge in [-0.25, -0.2) is 14.4 Å². The third-order valence-electron chi connectivity index (χ3n) is 6.06. The third-order valence-corrected chi connectivity index (χ3v) is 6.28. The molecule has 0 unspecified atom stereocenters. The van der Waals surface area contributed by atoms with Gasteiger partial charge < -0.3 is 24.8 Å². The Morgan fingerprint density at radius 2 is 2.13 bits per heavy atom. The number of hydrogen-bond acceptors (Lipinski definition) is 5. The summed E-state index contributed by atoms with van der Waals surface area (Å²) in [5, 5.41) is 25.4. The quantitative estimate of drug-likeness (QED) is 0.495. The van der Waals surface area contributed by atoms with Gasteiger partial charge in [0.1, 0.15) is 41.5 Å². The molecule has 166 valence electrons. The van der Waals surface area contributed by atoms with E-state index in [1.807, 2.05) is 6.07 Å². The minimum absolute atomic E-state index is 0.272. The van der Waals surface area contributed by atoms with Crippen LogP contribution in [0.1, 0.15) is 36.1 Å². The number of nitrogens with one attached hydrogen (secondary N) is 1. The summed E-state index contributed by atoms with van der Waals surface area (Å²) in [5.74, 6) is 0.855. The number of halogens is 2. The second-order valence-corrected chi connectivity index (χ2v) is 8.50. The molecule has 0 bridgehead atoms. The Balaban J connectivity index is 1.64. The summed E-state index contributed by atoms with van der Waals surface area (Å²) >= 11 is 6.27. The third kappa shape index (κ3) is 4.13. The van der Waals surface area contributed by atoms with Gasteiger partial charge in [-0.15, -0.1) is 0 Å². The molecule has 0 radical (unpaired) electrons. The molecule has 0 spiro atoms. The zero-order chi connectivity index (χ0) is 22.3. The lowest BCUT2D eigenvalue weighted by molar-refractivity contribution is -0.0168. The van der Waals surface area contributed by atoms with Gasteiger partial charge in [0.2, 0.25) is 0 Å². The van der Waals surface area contributed by atoms with Crippen molar-refractivity contribution >= 4 is 30.0 Å². The van der Waals surface area contributed by atoms with Crippen LogP contribution in [0.15, 0.2) is 28.3 Å². The van der Waals surface area contributed by atoms with Crippen molar-refractivity contribution in [1.29, 1.82) is 0 Å². The van der Waals surface area contributed by atoms with E-state index in [0.717, 1.165) is 24.1 Å². The Hall–Kier alpha value is -2.26. The van der Waals surface area contributed by atoms with Crippen LogP contribution in [0.3, 0.4) is 0 Å². The van der Waals surface area contributed by atoms with Gasteiger partial charge in [-0.1, -0.05) is 11.6 Å². The lowest BCUT2D eigenvalue weighted by Gasteiger charge is -2.24. The van der Waals surface area contributed by atoms with Crippen LogP contribution in [0.25, 0.3) is 0 Å². The second kappa shape index (κ2) is 8.70. The Kier molecular flexibility index (Phi) is 6.16. The smallest absolute Gasteiger partial charge is 0.146 e. The molecular weight excluding hydrogens is 423 g/mol. The normalized spacial score (nSPS) is 26.1. The number of rotatable bonds is 4. The molecule has 1 saturated carbocycles. The second-order valence-electron chi connectivity index (χ2n) is 8.06. The van der Waals surface area contributed by atoms with Crippen molar-refractivity contribution in [2.45, 2.75) is 57.6 Å². The van der Waals surface area contributed by atoms with Crippen molar-refractivity contribution in [2.24, 2.45) is 9.98 Å². The number of hydrogen-bond donors (Lipinski definition) is 3.